The van der Waals surface area contributed by atoms with E-state index in [2.05, 4.69) is 22.3 Å². The van der Waals surface area contributed by atoms with E-state index in [9.17, 15) is 4.79 Å². The van der Waals surface area contributed by atoms with E-state index in [1.807, 2.05) is 65.1 Å². The minimum Gasteiger partial charge on any atom is -0.484 e. The molecule has 2 N–H and O–H groups in total. The van der Waals surface area contributed by atoms with E-state index < -0.39 is 11.7 Å². The molecule has 0 spiro atoms. The van der Waals surface area contributed by atoms with Crippen LogP contribution < -0.4 is 15.4 Å². The highest BCUT2D eigenvalue weighted by Crippen LogP contribution is 2.37. The third kappa shape index (κ3) is 4.41. The van der Waals surface area contributed by atoms with Gasteiger partial charge in [0, 0.05) is 12.1 Å². The van der Waals surface area contributed by atoms with Gasteiger partial charge in [-0.05, 0) is 70.7 Å². The molecule has 1 aromatic carbocycles. The summed E-state index contributed by atoms with van der Waals surface area (Å²) >= 11 is 0. The van der Waals surface area contributed by atoms with E-state index in [-0.39, 0.29) is 18.2 Å². The van der Waals surface area contributed by atoms with Gasteiger partial charge in [-0.3, -0.25) is 4.40 Å². The van der Waals surface area contributed by atoms with Crippen LogP contribution in [-0.4, -0.2) is 32.3 Å². The predicted octanol–water partition coefficient (Wildman–Crippen LogP) is 4.79. The first-order chi connectivity index (χ1) is 15.1. The maximum Gasteiger partial charge on any atom is 0.417 e. The molecule has 1 amide bonds. The number of rotatable bonds is 4. The first-order valence-electron chi connectivity index (χ1n) is 11.0. The van der Waals surface area contributed by atoms with Crippen molar-refractivity contribution in [2.24, 2.45) is 5.73 Å². The second-order valence-electron chi connectivity index (χ2n) is 9.46. The van der Waals surface area contributed by atoms with Crippen molar-refractivity contribution >= 4 is 17.7 Å². The Morgan fingerprint density at radius 1 is 1.12 bits per heavy atom. The van der Waals surface area contributed by atoms with Crippen molar-refractivity contribution in [1.29, 1.82) is 0 Å². The minimum atomic E-state index is -0.617. The lowest BCUT2D eigenvalue weighted by Crippen LogP contribution is -2.42. The van der Waals surface area contributed by atoms with E-state index in [1.165, 1.54) is 4.90 Å². The first-order valence-corrected chi connectivity index (χ1v) is 11.0. The van der Waals surface area contributed by atoms with Crippen LogP contribution in [-0.2, 0) is 4.74 Å². The van der Waals surface area contributed by atoms with Crippen LogP contribution in [0.25, 0.3) is 5.65 Å². The van der Waals surface area contributed by atoms with Crippen LogP contribution in [0.15, 0.2) is 42.6 Å². The summed E-state index contributed by atoms with van der Waals surface area (Å²) in [5.41, 5.74) is 8.54. The number of fused-ring (bicyclic) bond motifs is 2. The van der Waals surface area contributed by atoms with Crippen LogP contribution >= 0.6 is 0 Å². The molecule has 8 nitrogen and oxygen atoms in total. The standard InChI is InChI=1S/C24H31N5O3/c1-15(2)29(23(30)32-24(3,4)5)22-27-26-21-13-10-16(14-28(21)22)31-20-12-11-19(25)17-8-6-7-9-18(17)20/h6-10,13-15,19-20H,11-12,25H2,1-5H3/t19-,20+/m0/s1. The Labute approximate surface area is 188 Å². The number of nitrogens with two attached hydrogens (primary N) is 1. The van der Waals surface area contributed by atoms with Crippen LogP contribution in [0.5, 0.6) is 5.75 Å². The number of amides is 1. The fourth-order valence-corrected chi connectivity index (χ4v) is 4.00. The zero-order valence-corrected chi connectivity index (χ0v) is 19.3. The molecule has 4 rings (SSSR count). The largest absolute Gasteiger partial charge is 0.484 e. The monoisotopic (exact) mass is 437 g/mol. The molecule has 3 aromatic rings. The Balaban J connectivity index is 1.66. The highest BCUT2D eigenvalue weighted by molar-refractivity contribution is 5.86. The zero-order valence-electron chi connectivity index (χ0n) is 19.3. The van der Waals surface area contributed by atoms with Crippen molar-refractivity contribution in [3.63, 3.8) is 0 Å². The third-order valence-corrected chi connectivity index (χ3v) is 5.44. The van der Waals surface area contributed by atoms with Crippen molar-refractivity contribution < 1.29 is 14.3 Å². The first kappa shape index (κ1) is 22.1. The number of anilines is 1. The van der Waals surface area contributed by atoms with Gasteiger partial charge in [-0.1, -0.05) is 24.3 Å². The molecule has 32 heavy (non-hydrogen) atoms. The number of ether oxygens (including phenoxy) is 2. The van der Waals surface area contributed by atoms with Crippen molar-refractivity contribution in [3.05, 3.63) is 53.7 Å². The maximum absolute atomic E-state index is 12.9. The summed E-state index contributed by atoms with van der Waals surface area (Å²) in [6.45, 7) is 9.34. The van der Waals surface area contributed by atoms with E-state index >= 15 is 0 Å². The van der Waals surface area contributed by atoms with Crippen molar-refractivity contribution in [3.8, 4) is 5.75 Å². The lowest BCUT2D eigenvalue weighted by Gasteiger charge is -2.30. The summed E-state index contributed by atoms with van der Waals surface area (Å²) in [5.74, 6) is 1.06. The molecule has 1 aliphatic carbocycles. The zero-order chi connectivity index (χ0) is 23.0. The lowest BCUT2D eigenvalue weighted by molar-refractivity contribution is 0.0567. The van der Waals surface area contributed by atoms with E-state index in [1.54, 1.807) is 4.40 Å². The fourth-order valence-electron chi connectivity index (χ4n) is 4.00. The quantitative estimate of drug-likeness (QED) is 0.630. The van der Waals surface area contributed by atoms with Crippen LogP contribution in [0.4, 0.5) is 10.7 Å². The smallest absolute Gasteiger partial charge is 0.417 e. The van der Waals surface area contributed by atoms with E-state index in [0.717, 1.165) is 24.0 Å². The summed E-state index contributed by atoms with van der Waals surface area (Å²) in [6.07, 6.45) is 2.96. The van der Waals surface area contributed by atoms with Crippen molar-refractivity contribution in [2.45, 2.75) is 71.2 Å². The summed E-state index contributed by atoms with van der Waals surface area (Å²) < 4.78 is 13.7. The number of carbonyl (C=O) groups is 1. The second kappa shape index (κ2) is 8.43. The molecule has 2 aromatic heterocycles. The Morgan fingerprint density at radius 2 is 1.84 bits per heavy atom. The van der Waals surface area contributed by atoms with Gasteiger partial charge in [0.2, 0.25) is 5.95 Å². The van der Waals surface area contributed by atoms with Crippen molar-refractivity contribution in [1.82, 2.24) is 14.6 Å². The molecule has 0 aliphatic heterocycles. The Kier molecular flexibility index (Phi) is 5.81. The van der Waals surface area contributed by atoms with Gasteiger partial charge in [0.05, 0.1) is 6.20 Å². The molecule has 0 radical (unpaired) electrons. The molecule has 8 heteroatoms. The topological polar surface area (TPSA) is 95.0 Å². The van der Waals surface area contributed by atoms with Gasteiger partial charge in [-0.15, -0.1) is 10.2 Å². The highest BCUT2D eigenvalue weighted by atomic mass is 16.6. The molecule has 2 heterocycles. The Morgan fingerprint density at radius 3 is 2.53 bits per heavy atom. The molecule has 2 atom stereocenters. The number of carbonyl (C=O) groups excluding carboxylic acids is 1. The second-order valence-corrected chi connectivity index (χ2v) is 9.46. The molecule has 0 saturated carbocycles. The number of aromatic nitrogens is 3. The molecular formula is C24H31N5O3. The van der Waals surface area contributed by atoms with Gasteiger partial charge in [-0.2, -0.15) is 0 Å². The van der Waals surface area contributed by atoms with Crippen LogP contribution in [0.2, 0.25) is 0 Å². The average molecular weight is 438 g/mol. The molecule has 1 aliphatic rings. The van der Waals surface area contributed by atoms with Gasteiger partial charge in [0.25, 0.3) is 0 Å². The minimum absolute atomic E-state index is 0.0337. The number of hydrogen-bond acceptors (Lipinski definition) is 6. The molecule has 0 unspecified atom stereocenters. The van der Waals surface area contributed by atoms with Crippen LogP contribution in [0.3, 0.4) is 0 Å². The van der Waals surface area contributed by atoms with Crippen LogP contribution in [0.1, 0.15) is 70.7 Å². The van der Waals surface area contributed by atoms with Gasteiger partial charge >= 0.3 is 6.09 Å². The van der Waals surface area contributed by atoms with Gasteiger partial charge < -0.3 is 15.2 Å². The predicted molar refractivity (Wildman–Crippen MR) is 123 cm³/mol. The SMILES string of the molecule is CC(C)N(C(=O)OC(C)(C)C)c1nnc2ccc(O[C@@H]3CC[C@H](N)c4ccccc43)cn12. The summed E-state index contributed by atoms with van der Waals surface area (Å²) in [4.78, 5) is 14.4. The Hall–Kier alpha value is -3.13. The lowest BCUT2D eigenvalue weighted by atomic mass is 9.86. The number of benzene rings is 1. The molecule has 0 fully saturated rings. The molecular weight excluding hydrogens is 406 g/mol. The van der Waals surface area contributed by atoms with Gasteiger partial charge in [0.15, 0.2) is 5.65 Å². The molecule has 0 bridgehead atoms. The maximum atomic E-state index is 12.9. The van der Waals surface area contributed by atoms with Crippen molar-refractivity contribution in [2.75, 3.05) is 4.90 Å². The molecule has 170 valence electrons. The van der Waals surface area contributed by atoms with E-state index in [4.69, 9.17) is 15.2 Å². The van der Waals surface area contributed by atoms with Crippen LogP contribution in [0, 0.1) is 0 Å². The third-order valence-electron chi connectivity index (χ3n) is 5.44. The van der Waals surface area contributed by atoms with Gasteiger partial charge in [0.1, 0.15) is 17.5 Å². The number of hydrogen-bond donors (Lipinski definition) is 1. The summed E-state index contributed by atoms with van der Waals surface area (Å²) in [5, 5.41) is 8.49. The fraction of sp³-hybridized carbons (Fsp3) is 0.458. The number of nitrogens with zero attached hydrogens (tertiary/aromatic N) is 4. The molecule has 0 saturated heterocycles. The van der Waals surface area contributed by atoms with Gasteiger partial charge in [-0.25, -0.2) is 9.69 Å². The Bertz CT molecular complexity index is 1120. The highest BCUT2D eigenvalue weighted by Gasteiger charge is 2.30. The van der Waals surface area contributed by atoms with E-state index in [0.29, 0.717) is 17.3 Å². The number of pyridine rings is 1. The summed E-state index contributed by atoms with van der Waals surface area (Å²) in [7, 11) is 0. The normalized spacial score (nSPS) is 18.5. The average Bonchev–Trinajstić information content (AvgIpc) is 3.12. The summed E-state index contributed by atoms with van der Waals surface area (Å²) in [6, 6.07) is 11.7.